The first-order valence-electron chi connectivity index (χ1n) is 3.43. The minimum atomic E-state index is -0.597. The Morgan fingerprint density at radius 3 is 2.64 bits per heavy atom. The van der Waals surface area contributed by atoms with Crippen molar-refractivity contribution in [1.82, 2.24) is 0 Å². The van der Waals surface area contributed by atoms with Crippen LogP contribution in [0.15, 0.2) is 15.2 Å². The number of rotatable bonds is 2. The highest BCUT2D eigenvalue weighted by molar-refractivity contribution is 9.11. The Labute approximate surface area is 79.2 Å². The van der Waals surface area contributed by atoms with Crippen molar-refractivity contribution in [2.24, 2.45) is 0 Å². The van der Waals surface area contributed by atoms with E-state index in [0.717, 1.165) is 10.2 Å². The van der Waals surface area contributed by atoms with Gasteiger partial charge in [0.1, 0.15) is 0 Å². The van der Waals surface area contributed by atoms with Crippen LogP contribution in [0.4, 0.5) is 0 Å². The fraction of sp³-hybridized carbons (Fsp3) is 0.500. The Kier molecular flexibility index (Phi) is 2.73. The lowest BCUT2D eigenvalue weighted by Gasteiger charge is -2.15. The average molecular weight is 235 g/mol. The standard InChI is InChI=1S/C8H11BrOS/c1-8(2,10)4-6-3-7(9)11-5-6/h3,5,10H,4H2,1-2H3. The number of hydrogen-bond donors (Lipinski definition) is 1. The third-order valence-electron chi connectivity index (χ3n) is 1.26. The number of thiophene rings is 1. The summed E-state index contributed by atoms with van der Waals surface area (Å²) in [7, 11) is 0. The van der Waals surface area contributed by atoms with Gasteiger partial charge in [-0.1, -0.05) is 0 Å². The first kappa shape index (κ1) is 9.23. The van der Waals surface area contributed by atoms with Gasteiger partial charge in [0, 0.05) is 6.42 Å². The van der Waals surface area contributed by atoms with Crippen LogP contribution >= 0.6 is 27.3 Å². The van der Waals surface area contributed by atoms with E-state index in [9.17, 15) is 5.11 Å². The molecular formula is C8H11BrOS. The van der Waals surface area contributed by atoms with Gasteiger partial charge >= 0.3 is 0 Å². The molecule has 1 N–H and O–H groups in total. The Morgan fingerprint density at radius 1 is 1.64 bits per heavy atom. The second-order valence-electron chi connectivity index (χ2n) is 3.25. The minimum absolute atomic E-state index is 0.597. The number of halogens is 1. The molecule has 0 amide bonds. The quantitative estimate of drug-likeness (QED) is 0.835. The lowest BCUT2D eigenvalue weighted by molar-refractivity contribution is 0.0811. The third-order valence-corrected chi connectivity index (χ3v) is 2.81. The summed E-state index contributed by atoms with van der Waals surface area (Å²) in [6.07, 6.45) is 0.717. The maximum absolute atomic E-state index is 9.47. The molecule has 0 fully saturated rings. The molecule has 0 bridgehead atoms. The van der Waals surface area contributed by atoms with E-state index in [-0.39, 0.29) is 0 Å². The Balaban J connectivity index is 2.65. The molecule has 1 aromatic rings. The van der Waals surface area contributed by atoms with Crippen LogP contribution in [0.5, 0.6) is 0 Å². The number of hydrogen-bond acceptors (Lipinski definition) is 2. The summed E-state index contributed by atoms with van der Waals surface area (Å²) in [5.74, 6) is 0. The molecule has 0 spiro atoms. The molecule has 0 aliphatic carbocycles. The molecule has 62 valence electrons. The zero-order valence-electron chi connectivity index (χ0n) is 6.60. The molecule has 0 aromatic carbocycles. The smallest absolute Gasteiger partial charge is 0.0701 e. The van der Waals surface area contributed by atoms with Crippen LogP contribution in [-0.4, -0.2) is 10.7 Å². The van der Waals surface area contributed by atoms with Crippen molar-refractivity contribution in [2.75, 3.05) is 0 Å². The van der Waals surface area contributed by atoms with Crippen molar-refractivity contribution >= 4 is 27.3 Å². The average Bonchev–Trinajstić information content (AvgIpc) is 2.10. The zero-order chi connectivity index (χ0) is 8.48. The van der Waals surface area contributed by atoms with Gasteiger partial charge in [0.25, 0.3) is 0 Å². The second kappa shape index (κ2) is 3.25. The van der Waals surface area contributed by atoms with Gasteiger partial charge in [-0.15, -0.1) is 11.3 Å². The van der Waals surface area contributed by atoms with Gasteiger partial charge in [0.2, 0.25) is 0 Å². The fourth-order valence-corrected chi connectivity index (χ4v) is 2.15. The summed E-state index contributed by atoms with van der Waals surface area (Å²) in [5, 5.41) is 11.5. The highest BCUT2D eigenvalue weighted by Crippen LogP contribution is 2.23. The molecule has 1 aromatic heterocycles. The minimum Gasteiger partial charge on any atom is -0.390 e. The molecule has 1 nitrogen and oxygen atoms in total. The largest absolute Gasteiger partial charge is 0.390 e. The highest BCUT2D eigenvalue weighted by atomic mass is 79.9. The summed E-state index contributed by atoms with van der Waals surface area (Å²) < 4.78 is 1.12. The summed E-state index contributed by atoms with van der Waals surface area (Å²) in [4.78, 5) is 0. The highest BCUT2D eigenvalue weighted by Gasteiger charge is 2.13. The Morgan fingerprint density at radius 2 is 2.27 bits per heavy atom. The molecule has 0 atom stereocenters. The molecule has 1 rings (SSSR count). The van der Waals surface area contributed by atoms with Crippen LogP contribution in [0.2, 0.25) is 0 Å². The summed E-state index contributed by atoms with van der Waals surface area (Å²) >= 11 is 5.03. The van der Waals surface area contributed by atoms with E-state index in [2.05, 4.69) is 21.3 Å². The molecule has 11 heavy (non-hydrogen) atoms. The van der Waals surface area contributed by atoms with Crippen LogP contribution in [0, 0.1) is 0 Å². The van der Waals surface area contributed by atoms with E-state index >= 15 is 0 Å². The molecular weight excluding hydrogens is 224 g/mol. The van der Waals surface area contributed by atoms with Crippen molar-refractivity contribution in [3.63, 3.8) is 0 Å². The van der Waals surface area contributed by atoms with E-state index < -0.39 is 5.60 Å². The molecule has 0 saturated carbocycles. The van der Waals surface area contributed by atoms with Crippen LogP contribution < -0.4 is 0 Å². The summed E-state index contributed by atoms with van der Waals surface area (Å²) in [6, 6.07) is 2.04. The van der Waals surface area contributed by atoms with Gasteiger partial charge in [-0.05, 0) is 46.8 Å². The molecule has 0 saturated heterocycles. The first-order valence-corrected chi connectivity index (χ1v) is 5.10. The molecule has 3 heteroatoms. The van der Waals surface area contributed by atoms with Gasteiger partial charge in [0.05, 0.1) is 9.39 Å². The van der Waals surface area contributed by atoms with E-state index in [1.807, 2.05) is 19.9 Å². The van der Waals surface area contributed by atoms with Gasteiger partial charge < -0.3 is 5.11 Å². The van der Waals surface area contributed by atoms with E-state index in [4.69, 9.17) is 0 Å². The molecule has 0 aliphatic heterocycles. The SMILES string of the molecule is CC(C)(O)Cc1csc(Br)c1. The van der Waals surface area contributed by atoms with Crippen molar-refractivity contribution < 1.29 is 5.11 Å². The fourth-order valence-electron chi connectivity index (χ4n) is 0.938. The Hall–Kier alpha value is 0.140. The maximum Gasteiger partial charge on any atom is 0.0701 e. The topological polar surface area (TPSA) is 20.2 Å². The molecule has 0 radical (unpaired) electrons. The predicted molar refractivity (Wildman–Crippen MR) is 52.0 cm³/mol. The first-order chi connectivity index (χ1) is 4.97. The third kappa shape index (κ3) is 3.36. The van der Waals surface area contributed by atoms with Crippen LogP contribution in [0.1, 0.15) is 19.4 Å². The normalized spacial score (nSPS) is 12.0. The van der Waals surface area contributed by atoms with Crippen LogP contribution in [0.3, 0.4) is 0 Å². The van der Waals surface area contributed by atoms with Gasteiger partial charge in [0.15, 0.2) is 0 Å². The van der Waals surface area contributed by atoms with Gasteiger partial charge in [-0.25, -0.2) is 0 Å². The van der Waals surface area contributed by atoms with Gasteiger partial charge in [-0.2, -0.15) is 0 Å². The van der Waals surface area contributed by atoms with Crippen LogP contribution in [-0.2, 0) is 6.42 Å². The van der Waals surface area contributed by atoms with Gasteiger partial charge in [-0.3, -0.25) is 0 Å². The summed E-state index contributed by atoms with van der Waals surface area (Å²) in [5.41, 5.74) is 0.593. The Bertz CT molecular complexity index is 236. The van der Waals surface area contributed by atoms with Crippen molar-refractivity contribution in [1.29, 1.82) is 0 Å². The maximum atomic E-state index is 9.47. The van der Waals surface area contributed by atoms with Crippen LogP contribution in [0.25, 0.3) is 0 Å². The number of aliphatic hydroxyl groups is 1. The molecule has 1 heterocycles. The lowest BCUT2D eigenvalue weighted by Crippen LogP contribution is -2.21. The van der Waals surface area contributed by atoms with E-state index in [1.54, 1.807) is 11.3 Å². The molecule has 0 aliphatic rings. The lowest BCUT2D eigenvalue weighted by atomic mass is 10.0. The molecule has 0 unspecified atom stereocenters. The van der Waals surface area contributed by atoms with E-state index in [0.29, 0.717) is 0 Å². The van der Waals surface area contributed by atoms with E-state index in [1.165, 1.54) is 5.56 Å². The predicted octanol–water partition coefficient (Wildman–Crippen LogP) is 2.82. The van der Waals surface area contributed by atoms with Crippen molar-refractivity contribution in [3.8, 4) is 0 Å². The summed E-state index contributed by atoms with van der Waals surface area (Å²) in [6.45, 7) is 3.64. The zero-order valence-corrected chi connectivity index (χ0v) is 9.00. The monoisotopic (exact) mass is 234 g/mol. The van der Waals surface area contributed by atoms with Crippen molar-refractivity contribution in [2.45, 2.75) is 25.9 Å². The second-order valence-corrected chi connectivity index (χ2v) is 5.54. The van der Waals surface area contributed by atoms with Crippen molar-refractivity contribution in [3.05, 3.63) is 20.8 Å².